The number of rotatable bonds is 8. The highest BCUT2D eigenvalue weighted by Gasteiger charge is 2.13. The van der Waals surface area contributed by atoms with Crippen molar-refractivity contribution in [1.82, 2.24) is 9.88 Å². The Bertz CT molecular complexity index is 641. The Labute approximate surface area is 144 Å². The number of thiazole rings is 1. The highest BCUT2D eigenvalue weighted by molar-refractivity contribution is 8.01. The summed E-state index contributed by atoms with van der Waals surface area (Å²) >= 11 is 2.99. The van der Waals surface area contributed by atoms with Crippen LogP contribution < -0.4 is 0 Å². The third kappa shape index (κ3) is 6.17. The zero-order valence-electron chi connectivity index (χ0n) is 13.0. The van der Waals surface area contributed by atoms with E-state index in [-0.39, 0.29) is 12.5 Å². The SMILES string of the molecule is Cc1csc(SCC(=O)N(CC=Cc2ccccc2)CCO)n1. The Morgan fingerprint density at radius 2 is 2.17 bits per heavy atom. The molecule has 2 aromatic rings. The van der Waals surface area contributed by atoms with E-state index in [1.165, 1.54) is 11.8 Å². The third-order valence-electron chi connectivity index (χ3n) is 3.08. The van der Waals surface area contributed by atoms with Crippen molar-refractivity contribution in [3.63, 3.8) is 0 Å². The summed E-state index contributed by atoms with van der Waals surface area (Å²) in [7, 11) is 0. The van der Waals surface area contributed by atoms with Crippen LogP contribution in [0.15, 0.2) is 46.1 Å². The zero-order valence-corrected chi connectivity index (χ0v) is 14.6. The monoisotopic (exact) mass is 348 g/mol. The largest absolute Gasteiger partial charge is 0.395 e. The van der Waals surface area contributed by atoms with E-state index in [4.69, 9.17) is 5.11 Å². The molecule has 0 aliphatic heterocycles. The van der Waals surface area contributed by atoms with Gasteiger partial charge in [-0.25, -0.2) is 4.98 Å². The smallest absolute Gasteiger partial charge is 0.233 e. The quantitative estimate of drug-likeness (QED) is 0.745. The number of nitrogens with zero attached hydrogens (tertiary/aromatic N) is 2. The van der Waals surface area contributed by atoms with Gasteiger partial charge in [0.2, 0.25) is 5.91 Å². The first-order valence-electron chi connectivity index (χ1n) is 7.34. The number of aromatic nitrogens is 1. The van der Waals surface area contributed by atoms with Crippen molar-refractivity contribution >= 4 is 35.1 Å². The number of amides is 1. The van der Waals surface area contributed by atoms with Crippen molar-refractivity contribution in [3.05, 3.63) is 53.0 Å². The van der Waals surface area contributed by atoms with Gasteiger partial charge in [-0.2, -0.15) is 0 Å². The predicted octanol–water partition coefficient (Wildman–Crippen LogP) is 3.08. The molecule has 0 saturated carbocycles. The van der Waals surface area contributed by atoms with E-state index < -0.39 is 0 Å². The maximum absolute atomic E-state index is 12.3. The lowest BCUT2D eigenvalue weighted by Gasteiger charge is -2.19. The van der Waals surface area contributed by atoms with Gasteiger partial charge < -0.3 is 10.0 Å². The highest BCUT2D eigenvalue weighted by Crippen LogP contribution is 2.22. The number of aliphatic hydroxyl groups excluding tert-OH is 1. The number of benzene rings is 1. The summed E-state index contributed by atoms with van der Waals surface area (Å²) in [5.41, 5.74) is 2.07. The van der Waals surface area contributed by atoms with Crippen LogP contribution in [0, 0.1) is 6.92 Å². The molecule has 0 aliphatic rings. The van der Waals surface area contributed by atoms with E-state index in [0.717, 1.165) is 15.6 Å². The van der Waals surface area contributed by atoms with Gasteiger partial charge in [0.05, 0.1) is 12.4 Å². The first-order chi connectivity index (χ1) is 11.2. The highest BCUT2D eigenvalue weighted by atomic mass is 32.2. The van der Waals surface area contributed by atoms with Crippen molar-refractivity contribution in [3.8, 4) is 0 Å². The summed E-state index contributed by atoms with van der Waals surface area (Å²) in [5.74, 6) is 0.348. The van der Waals surface area contributed by atoms with Gasteiger partial charge in [0.25, 0.3) is 0 Å². The first kappa shape index (κ1) is 17.7. The molecule has 0 aliphatic carbocycles. The van der Waals surface area contributed by atoms with Gasteiger partial charge in [-0.15, -0.1) is 11.3 Å². The van der Waals surface area contributed by atoms with E-state index in [1.54, 1.807) is 16.2 Å². The molecule has 122 valence electrons. The van der Waals surface area contributed by atoms with Gasteiger partial charge >= 0.3 is 0 Å². The lowest BCUT2D eigenvalue weighted by molar-refractivity contribution is -0.128. The number of hydrogen-bond acceptors (Lipinski definition) is 5. The second kappa shape index (κ2) is 9.50. The minimum Gasteiger partial charge on any atom is -0.395 e. The standard InChI is InChI=1S/C17H20N2O2S2/c1-14-12-22-17(18-14)23-13-16(21)19(10-11-20)9-5-8-15-6-3-2-4-7-15/h2-8,12,20H,9-11,13H2,1H3. The molecule has 1 heterocycles. The number of carbonyl (C=O) groups excluding carboxylic acids is 1. The van der Waals surface area contributed by atoms with Crippen molar-refractivity contribution in [1.29, 1.82) is 0 Å². The van der Waals surface area contributed by atoms with E-state index in [0.29, 0.717) is 18.8 Å². The van der Waals surface area contributed by atoms with Crippen LogP contribution in [0.1, 0.15) is 11.3 Å². The lowest BCUT2D eigenvalue weighted by Crippen LogP contribution is -2.35. The molecule has 0 fully saturated rings. The number of carbonyl (C=O) groups is 1. The van der Waals surface area contributed by atoms with E-state index in [1.807, 2.05) is 54.8 Å². The Morgan fingerprint density at radius 3 is 2.83 bits per heavy atom. The van der Waals surface area contributed by atoms with Crippen LogP contribution in [0.2, 0.25) is 0 Å². The molecule has 4 nitrogen and oxygen atoms in total. The Kier molecular flexibility index (Phi) is 7.32. The molecule has 0 spiro atoms. The second-order valence-electron chi connectivity index (χ2n) is 4.92. The number of thioether (sulfide) groups is 1. The predicted molar refractivity (Wildman–Crippen MR) is 96.7 cm³/mol. The second-order valence-corrected chi connectivity index (χ2v) is 7.00. The fourth-order valence-corrected chi connectivity index (χ4v) is 3.68. The van der Waals surface area contributed by atoms with Gasteiger partial charge in [0.1, 0.15) is 0 Å². The zero-order chi connectivity index (χ0) is 16.5. The minimum absolute atomic E-state index is 0.00890. The molecule has 1 N–H and O–H groups in total. The molecular weight excluding hydrogens is 328 g/mol. The fraction of sp³-hybridized carbons (Fsp3) is 0.294. The first-order valence-corrected chi connectivity index (χ1v) is 9.20. The average molecular weight is 348 g/mol. The van der Waals surface area contributed by atoms with Crippen molar-refractivity contribution in [2.45, 2.75) is 11.3 Å². The Morgan fingerprint density at radius 1 is 1.39 bits per heavy atom. The van der Waals surface area contributed by atoms with Crippen molar-refractivity contribution in [2.75, 3.05) is 25.4 Å². The van der Waals surface area contributed by atoms with Gasteiger partial charge in [-0.3, -0.25) is 4.79 Å². The van der Waals surface area contributed by atoms with Crippen LogP contribution in [-0.4, -0.2) is 46.3 Å². The molecule has 1 aromatic heterocycles. The summed E-state index contributed by atoms with van der Waals surface area (Å²) in [6.07, 6.45) is 3.93. The topological polar surface area (TPSA) is 53.4 Å². The molecule has 6 heteroatoms. The lowest BCUT2D eigenvalue weighted by atomic mass is 10.2. The van der Waals surface area contributed by atoms with Crippen LogP contribution in [-0.2, 0) is 4.79 Å². The fourth-order valence-electron chi connectivity index (χ4n) is 1.93. The van der Waals surface area contributed by atoms with Crippen LogP contribution in [0.3, 0.4) is 0 Å². The third-order valence-corrected chi connectivity index (χ3v) is 5.20. The molecule has 23 heavy (non-hydrogen) atoms. The Balaban J connectivity index is 1.86. The molecule has 2 rings (SSSR count). The maximum Gasteiger partial charge on any atom is 0.233 e. The average Bonchev–Trinajstić information content (AvgIpc) is 2.98. The maximum atomic E-state index is 12.3. The molecule has 0 radical (unpaired) electrons. The van der Waals surface area contributed by atoms with Crippen molar-refractivity contribution in [2.24, 2.45) is 0 Å². The van der Waals surface area contributed by atoms with Crippen LogP contribution in [0.25, 0.3) is 6.08 Å². The molecule has 0 unspecified atom stereocenters. The summed E-state index contributed by atoms with van der Waals surface area (Å²) < 4.78 is 0.902. The van der Waals surface area contributed by atoms with Gasteiger partial charge in [0, 0.05) is 24.2 Å². The summed E-state index contributed by atoms with van der Waals surface area (Å²) in [6, 6.07) is 9.94. The molecule has 1 aromatic carbocycles. The van der Waals surface area contributed by atoms with E-state index in [2.05, 4.69) is 4.98 Å². The molecule has 0 saturated heterocycles. The summed E-state index contributed by atoms with van der Waals surface area (Å²) in [6.45, 7) is 2.74. The van der Waals surface area contributed by atoms with Crippen LogP contribution in [0.5, 0.6) is 0 Å². The molecular formula is C17H20N2O2S2. The van der Waals surface area contributed by atoms with Crippen LogP contribution >= 0.6 is 23.1 Å². The van der Waals surface area contributed by atoms with Crippen molar-refractivity contribution < 1.29 is 9.90 Å². The summed E-state index contributed by atoms with van der Waals surface area (Å²) in [5, 5.41) is 11.1. The van der Waals surface area contributed by atoms with E-state index >= 15 is 0 Å². The molecule has 1 amide bonds. The van der Waals surface area contributed by atoms with E-state index in [9.17, 15) is 4.79 Å². The summed E-state index contributed by atoms with van der Waals surface area (Å²) in [4.78, 5) is 18.3. The minimum atomic E-state index is -0.0358. The van der Waals surface area contributed by atoms with Gasteiger partial charge in [-0.1, -0.05) is 54.2 Å². The number of aliphatic hydroxyl groups is 1. The van der Waals surface area contributed by atoms with Gasteiger partial charge in [-0.05, 0) is 12.5 Å². The Hall–Kier alpha value is -1.63. The van der Waals surface area contributed by atoms with Gasteiger partial charge in [0.15, 0.2) is 4.34 Å². The molecule has 0 atom stereocenters. The van der Waals surface area contributed by atoms with Crippen LogP contribution in [0.4, 0.5) is 0 Å². The number of hydrogen-bond donors (Lipinski definition) is 1. The molecule has 0 bridgehead atoms. The number of aryl methyl sites for hydroxylation is 1. The normalized spacial score (nSPS) is 11.0.